The third-order valence-electron chi connectivity index (χ3n) is 5.79. The van der Waals surface area contributed by atoms with E-state index in [4.69, 9.17) is 4.74 Å². The van der Waals surface area contributed by atoms with Crippen LogP contribution in [0.4, 0.5) is 5.69 Å². The Kier molecular flexibility index (Phi) is 4.24. The molecule has 1 atom stereocenters. The standard InChI is InChI=1S/C24H20BrNO2/c1-28-21-11-10-15(12-18(21)25)24-23-20(27)13-14-6-2-3-7-16(14)22(23)17-8-4-5-9-19(17)26-24/h3-5,7-12,24,26H,2,6,13H2,1H3. The summed E-state index contributed by atoms with van der Waals surface area (Å²) in [6, 6.07) is 14.1. The molecule has 2 aliphatic carbocycles. The molecular weight excluding hydrogens is 414 g/mol. The molecule has 0 saturated carbocycles. The molecule has 0 aromatic heterocycles. The predicted molar refractivity (Wildman–Crippen MR) is 115 cm³/mol. The minimum Gasteiger partial charge on any atom is -0.496 e. The summed E-state index contributed by atoms with van der Waals surface area (Å²) in [6.45, 7) is 0. The second-order valence-corrected chi connectivity index (χ2v) is 8.22. The lowest BCUT2D eigenvalue weighted by Gasteiger charge is -2.36. The summed E-state index contributed by atoms with van der Waals surface area (Å²) in [5, 5.41) is 3.62. The van der Waals surface area contributed by atoms with Crippen molar-refractivity contribution in [1.29, 1.82) is 0 Å². The van der Waals surface area contributed by atoms with Gasteiger partial charge in [0.15, 0.2) is 5.78 Å². The molecule has 28 heavy (non-hydrogen) atoms. The maximum atomic E-state index is 13.3. The number of rotatable bonds is 2. The van der Waals surface area contributed by atoms with Crippen molar-refractivity contribution in [1.82, 2.24) is 0 Å². The van der Waals surface area contributed by atoms with E-state index in [1.807, 2.05) is 30.3 Å². The molecule has 1 aliphatic heterocycles. The van der Waals surface area contributed by atoms with Crippen LogP contribution in [0.5, 0.6) is 5.75 Å². The van der Waals surface area contributed by atoms with Crippen LogP contribution in [0, 0.1) is 0 Å². The van der Waals surface area contributed by atoms with E-state index in [1.54, 1.807) is 7.11 Å². The van der Waals surface area contributed by atoms with Gasteiger partial charge in [-0.25, -0.2) is 0 Å². The molecule has 140 valence electrons. The number of anilines is 1. The summed E-state index contributed by atoms with van der Waals surface area (Å²) in [5.41, 5.74) is 7.73. The summed E-state index contributed by atoms with van der Waals surface area (Å²) in [6.07, 6.45) is 6.95. The molecule has 2 aromatic carbocycles. The first-order chi connectivity index (χ1) is 13.7. The molecule has 5 rings (SSSR count). The Morgan fingerprint density at radius 3 is 2.86 bits per heavy atom. The highest BCUT2D eigenvalue weighted by atomic mass is 79.9. The molecule has 0 fully saturated rings. The van der Waals surface area contributed by atoms with Crippen molar-refractivity contribution in [3.63, 3.8) is 0 Å². The Balaban J connectivity index is 1.74. The van der Waals surface area contributed by atoms with Crippen LogP contribution in [0.1, 0.15) is 36.4 Å². The fourth-order valence-electron chi connectivity index (χ4n) is 4.49. The number of ketones is 1. The van der Waals surface area contributed by atoms with Crippen LogP contribution in [0.3, 0.4) is 0 Å². The lowest BCUT2D eigenvalue weighted by atomic mass is 9.73. The molecule has 1 N–H and O–H groups in total. The molecule has 1 heterocycles. The average molecular weight is 434 g/mol. The first kappa shape index (κ1) is 17.5. The van der Waals surface area contributed by atoms with Crippen molar-refractivity contribution in [2.24, 2.45) is 0 Å². The second kappa shape index (κ2) is 6.78. The number of benzene rings is 2. The van der Waals surface area contributed by atoms with Crippen LogP contribution in [0.25, 0.3) is 5.57 Å². The van der Waals surface area contributed by atoms with Crippen molar-refractivity contribution in [3.05, 3.63) is 86.9 Å². The van der Waals surface area contributed by atoms with Crippen LogP contribution in [-0.4, -0.2) is 12.9 Å². The summed E-state index contributed by atoms with van der Waals surface area (Å²) in [7, 11) is 1.66. The lowest BCUT2D eigenvalue weighted by Crippen LogP contribution is -2.28. The Hall–Kier alpha value is -2.59. The van der Waals surface area contributed by atoms with Crippen molar-refractivity contribution < 1.29 is 9.53 Å². The molecule has 3 aliphatic rings. The number of hydrogen-bond donors (Lipinski definition) is 1. The van der Waals surface area contributed by atoms with E-state index in [-0.39, 0.29) is 11.8 Å². The van der Waals surface area contributed by atoms with Gasteiger partial charge in [-0.15, -0.1) is 0 Å². The Bertz CT molecular complexity index is 1090. The highest BCUT2D eigenvalue weighted by molar-refractivity contribution is 9.10. The highest BCUT2D eigenvalue weighted by Crippen LogP contribution is 2.49. The maximum Gasteiger partial charge on any atom is 0.165 e. The largest absolute Gasteiger partial charge is 0.496 e. The molecule has 4 heteroatoms. The van der Waals surface area contributed by atoms with Crippen molar-refractivity contribution in [2.75, 3.05) is 12.4 Å². The van der Waals surface area contributed by atoms with Gasteiger partial charge in [0.25, 0.3) is 0 Å². The monoisotopic (exact) mass is 433 g/mol. The minimum absolute atomic E-state index is 0.177. The highest BCUT2D eigenvalue weighted by Gasteiger charge is 2.37. The molecule has 0 amide bonds. The van der Waals surface area contributed by atoms with E-state index in [1.165, 1.54) is 11.1 Å². The van der Waals surface area contributed by atoms with E-state index >= 15 is 0 Å². The number of Topliss-reactive ketones (excluding diaryl/α,β-unsaturated/α-hetero) is 1. The van der Waals surface area contributed by atoms with Crippen molar-refractivity contribution in [3.8, 4) is 5.75 Å². The number of fused-ring (bicyclic) bond motifs is 3. The maximum absolute atomic E-state index is 13.3. The quantitative estimate of drug-likeness (QED) is 0.631. The van der Waals surface area contributed by atoms with Crippen molar-refractivity contribution >= 4 is 33.0 Å². The van der Waals surface area contributed by atoms with E-state index in [0.717, 1.165) is 51.0 Å². The van der Waals surface area contributed by atoms with E-state index < -0.39 is 0 Å². The Labute approximate surface area is 172 Å². The molecule has 1 unspecified atom stereocenters. The molecular formula is C24H20BrNO2. The normalized spacial score (nSPS) is 20.4. The first-order valence-electron chi connectivity index (χ1n) is 9.53. The van der Waals surface area contributed by atoms with Crippen LogP contribution in [-0.2, 0) is 4.79 Å². The van der Waals surface area contributed by atoms with E-state index in [2.05, 4.69) is 45.5 Å². The third-order valence-corrected chi connectivity index (χ3v) is 6.41. The van der Waals surface area contributed by atoms with Crippen LogP contribution >= 0.6 is 15.9 Å². The van der Waals surface area contributed by atoms with Gasteiger partial charge in [-0.2, -0.15) is 0 Å². The number of halogens is 1. The molecule has 0 spiro atoms. The minimum atomic E-state index is -0.177. The van der Waals surface area contributed by atoms with Crippen molar-refractivity contribution in [2.45, 2.75) is 25.3 Å². The zero-order valence-corrected chi connectivity index (χ0v) is 17.2. The van der Waals surface area contributed by atoms with Gasteiger partial charge in [-0.1, -0.05) is 42.0 Å². The SMILES string of the molecule is COc1ccc(C2Nc3ccccc3C3=C2C(=O)CC2=C3C=CCC2)cc1Br. The smallest absolute Gasteiger partial charge is 0.165 e. The number of hydrogen-bond acceptors (Lipinski definition) is 3. The Morgan fingerprint density at radius 2 is 2.04 bits per heavy atom. The number of nitrogens with one attached hydrogen (secondary N) is 1. The van der Waals surface area contributed by atoms with Gasteiger partial charge < -0.3 is 10.1 Å². The number of carbonyl (C=O) groups excluding carboxylic acids is 1. The van der Waals surface area contributed by atoms with Gasteiger partial charge in [0, 0.05) is 28.8 Å². The molecule has 0 radical (unpaired) electrons. The van der Waals surface area contributed by atoms with Gasteiger partial charge in [0.05, 0.1) is 17.6 Å². The van der Waals surface area contributed by atoms with Gasteiger partial charge in [-0.3, -0.25) is 4.79 Å². The van der Waals surface area contributed by atoms with Crippen LogP contribution < -0.4 is 10.1 Å². The topological polar surface area (TPSA) is 38.3 Å². The van der Waals surface area contributed by atoms with Crippen LogP contribution in [0.2, 0.25) is 0 Å². The van der Waals surface area contributed by atoms with E-state index in [9.17, 15) is 4.79 Å². The van der Waals surface area contributed by atoms with Gasteiger partial charge >= 0.3 is 0 Å². The second-order valence-electron chi connectivity index (χ2n) is 7.36. The summed E-state index contributed by atoms with van der Waals surface area (Å²) < 4.78 is 6.26. The molecule has 0 bridgehead atoms. The number of para-hydroxylation sites is 1. The fraction of sp³-hybridized carbons (Fsp3) is 0.208. The summed E-state index contributed by atoms with van der Waals surface area (Å²) in [4.78, 5) is 13.3. The lowest BCUT2D eigenvalue weighted by molar-refractivity contribution is -0.115. The average Bonchev–Trinajstić information content (AvgIpc) is 2.73. The van der Waals surface area contributed by atoms with Gasteiger partial charge in [-0.05, 0) is 58.1 Å². The number of methoxy groups -OCH3 is 1. The number of allylic oxidation sites excluding steroid dienone is 5. The zero-order chi connectivity index (χ0) is 19.3. The van der Waals surface area contributed by atoms with Crippen LogP contribution in [0.15, 0.2) is 75.8 Å². The Morgan fingerprint density at radius 1 is 1.18 bits per heavy atom. The predicted octanol–water partition coefficient (Wildman–Crippen LogP) is 6.00. The zero-order valence-electron chi connectivity index (χ0n) is 15.6. The molecule has 3 nitrogen and oxygen atoms in total. The summed E-state index contributed by atoms with van der Waals surface area (Å²) >= 11 is 3.59. The third kappa shape index (κ3) is 2.67. The van der Waals surface area contributed by atoms with E-state index in [0.29, 0.717) is 6.42 Å². The first-order valence-corrected chi connectivity index (χ1v) is 10.3. The van der Waals surface area contributed by atoms with Gasteiger partial charge in [0.2, 0.25) is 0 Å². The molecule has 0 saturated heterocycles. The van der Waals surface area contributed by atoms with Gasteiger partial charge in [0.1, 0.15) is 5.75 Å². The summed E-state index contributed by atoms with van der Waals surface area (Å²) in [5.74, 6) is 1.01. The molecule has 2 aromatic rings. The number of ether oxygens (including phenoxy) is 1. The number of carbonyl (C=O) groups is 1. The fourth-order valence-corrected chi connectivity index (χ4v) is 5.05.